The van der Waals surface area contributed by atoms with Crippen LogP contribution in [0.5, 0.6) is 11.5 Å². The third kappa shape index (κ3) is 4.94. The average molecular weight is 541 g/mol. The number of nitriles is 1. The van der Waals surface area contributed by atoms with E-state index >= 15 is 0 Å². The molecule has 184 valence electrons. The van der Waals surface area contributed by atoms with E-state index in [-0.39, 0.29) is 28.8 Å². The van der Waals surface area contributed by atoms with Crippen molar-refractivity contribution in [2.24, 2.45) is 0 Å². The number of aromatic nitrogens is 1. The highest BCUT2D eigenvalue weighted by atomic mass is 35.5. The normalized spacial score (nSPS) is 16.6. The fourth-order valence-corrected chi connectivity index (χ4v) is 6.76. The number of hydrogen-bond donors (Lipinski definition) is 2. The fourth-order valence-electron chi connectivity index (χ4n) is 4.49. The van der Waals surface area contributed by atoms with Crippen LogP contribution in [0.15, 0.2) is 71.8 Å². The summed E-state index contributed by atoms with van der Waals surface area (Å²) in [6.45, 7) is 1.30. The Morgan fingerprint density at radius 1 is 1.08 bits per heavy atom. The first kappa shape index (κ1) is 24.6. The van der Waals surface area contributed by atoms with E-state index in [1.165, 1.54) is 22.5 Å². The van der Waals surface area contributed by atoms with Crippen LogP contribution >= 0.6 is 23.2 Å². The number of hydrogen-bond acceptors (Lipinski definition) is 5. The van der Waals surface area contributed by atoms with Gasteiger partial charge in [0.2, 0.25) is 10.0 Å². The number of nitrogens with one attached hydrogen (secondary N) is 2. The van der Waals surface area contributed by atoms with E-state index in [2.05, 4.69) is 10.3 Å². The summed E-state index contributed by atoms with van der Waals surface area (Å²) >= 11 is 12.2. The van der Waals surface area contributed by atoms with E-state index in [9.17, 15) is 13.7 Å². The third-order valence-corrected chi connectivity index (χ3v) is 8.56. The van der Waals surface area contributed by atoms with Crippen molar-refractivity contribution >= 4 is 44.1 Å². The molecule has 1 aliphatic heterocycles. The summed E-state index contributed by atoms with van der Waals surface area (Å²) in [4.78, 5) is 3.18. The van der Waals surface area contributed by atoms with Crippen molar-refractivity contribution < 1.29 is 13.2 Å². The van der Waals surface area contributed by atoms with Gasteiger partial charge in [0.15, 0.2) is 0 Å². The maximum absolute atomic E-state index is 14.1. The lowest BCUT2D eigenvalue weighted by Crippen LogP contribution is -2.54. The third-order valence-electron chi connectivity index (χ3n) is 6.15. The molecule has 7 nitrogen and oxygen atoms in total. The van der Waals surface area contributed by atoms with Gasteiger partial charge in [0.25, 0.3) is 0 Å². The van der Waals surface area contributed by atoms with Crippen LogP contribution in [-0.2, 0) is 16.4 Å². The van der Waals surface area contributed by atoms with Crippen LogP contribution in [0.2, 0.25) is 10.0 Å². The van der Waals surface area contributed by atoms with Crippen LogP contribution in [0, 0.1) is 11.3 Å². The summed E-state index contributed by atoms with van der Waals surface area (Å²) < 4.78 is 35.5. The van der Waals surface area contributed by atoms with Gasteiger partial charge in [-0.25, -0.2) is 8.42 Å². The number of nitrogens with zero attached hydrogens (tertiary/aromatic N) is 2. The number of para-hydroxylation sites is 1. The lowest BCUT2D eigenvalue weighted by molar-refractivity contribution is 0.265. The number of benzene rings is 3. The molecule has 10 heteroatoms. The van der Waals surface area contributed by atoms with Gasteiger partial charge < -0.3 is 15.0 Å². The Morgan fingerprint density at radius 3 is 2.64 bits per heavy atom. The number of fused-ring (bicyclic) bond motifs is 1. The number of aromatic amines is 1. The molecule has 1 saturated heterocycles. The Bertz CT molecular complexity index is 1560. The van der Waals surface area contributed by atoms with Gasteiger partial charge in [-0.3, -0.25) is 0 Å². The van der Waals surface area contributed by atoms with Gasteiger partial charge in [-0.1, -0.05) is 41.4 Å². The quantitative estimate of drug-likeness (QED) is 0.343. The first-order valence-corrected chi connectivity index (χ1v) is 13.5. The van der Waals surface area contributed by atoms with Crippen LogP contribution < -0.4 is 10.1 Å². The van der Waals surface area contributed by atoms with Gasteiger partial charge in [-0.2, -0.15) is 9.57 Å². The molecular formula is C26H22Cl2N4O3S. The Kier molecular flexibility index (Phi) is 6.93. The molecule has 4 aromatic rings. The molecule has 3 aromatic carbocycles. The second kappa shape index (κ2) is 10.1. The smallest absolute Gasteiger partial charge is 0.247 e. The minimum atomic E-state index is -4.03. The number of halogens is 2. The number of sulfonamides is 1. The summed E-state index contributed by atoms with van der Waals surface area (Å²) in [5.41, 5.74) is 2.26. The molecule has 2 N–H and O–H groups in total. The number of H-pyrrole nitrogens is 1. The van der Waals surface area contributed by atoms with Crippen LogP contribution in [0.3, 0.4) is 0 Å². The summed E-state index contributed by atoms with van der Waals surface area (Å²) in [5, 5.41) is 14.6. The van der Waals surface area contributed by atoms with Crippen LogP contribution in [0.1, 0.15) is 11.1 Å². The monoisotopic (exact) mass is 540 g/mol. The molecular weight excluding hydrogens is 519 g/mol. The molecule has 0 saturated carbocycles. The molecule has 0 amide bonds. The first-order chi connectivity index (χ1) is 17.3. The highest BCUT2D eigenvalue weighted by Gasteiger charge is 2.36. The molecule has 0 aliphatic carbocycles. The Balaban J connectivity index is 1.52. The number of rotatable bonds is 6. The Morgan fingerprint density at radius 2 is 1.86 bits per heavy atom. The van der Waals surface area contributed by atoms with Crippen molar-refractivity contribution in [3.63, 3.8) is 0 Å². The maximum Gasteiger partial charge on any atom is 0.247 e. The molecule has 5 rings (SSSR count). The lowest BCUT2D eigenvalue weighted by Gasteiger charge is -2.35. The Labute approximate surface area is 219 Å². The van der Waals surface area contributed by atoms with Crippen LogP contribution in [-0.4, -0.2) is 43.4 Å². The highest BCUT2D eigenvalue weighted by molar-refractivity contribution is 7.89. The lowest BCUT2D eigenvalue weighted by atomic mass is 10.0. The van der Waals surface area contributed by atoms with E-state index in [1.807, 2.05) is 36.5 Å². The Hall–Kier alpha value is -3.06. The van der Waals surface area contributed by atoms with E-state index in [1.54, 1.807) is 18.2 Å². The zero-order valence-corrected chi connectivity index (χ0v) is 21.4. The predicted octanol–water partition coefficient (Wildman–Crippen LogP) is 5.34. The topological polar surface area (TPSA) is 98.2 Å². The molecule has 2 heterocycles. The minimum Gasteiger partial charge on any atom is -0.456 e. The van der Waals surface area contributed by atoms with Crippen molar-refractivity contribution in [3.05, 3.63) is 88.0 Å². The molecule has 1 atom stereocenters. The zero-order valence-electron chi connectivity index (χ0n) is 19.0. The molecule has 0 spiro atoms. The highest BCUT2D eigenvalue weighted by Crippen LogP contribution is 2.35. The van der Waals surface area contributed by atoms with Crippen molar-refractivity contribution in [2.75, 3.05) is 19.6 Å². The SMILES string of the molecule is N#Cc1ccc(Oc2cc(Cl)cc(Cl)c2)c(S(=O)(=O)N2CCNCC2Cc2c[nH]c3ccccc23)c1. The first-order valence-electron chi connectivity index (χ1n) is 11.3. The van der Waals surface area contributed by atoms with Gasteiger partial charge in [-0.05, 0) is 54.4 Å². The fraction of sp³-hybridized carbons (Fsp3) is 0.192. The molecule has 0 radical (unpaired) electrons. The molecule has 1 unspecified atom stereocenters. The molecule has 1 aromatic heterocycles. The van der Waals surface area contributed by atoms with E-state index in [0.717, 1.165) is 16.5 Å². The van der Waals surface area contributed by atoms with Gasteiger partial charge in [0.05, 0.1) is 11.6 Å². The van der Waals surface area contributed by atoms with Gasteiger partial charge in [0, 0.05) is 52.8 Å². The summed E-state index contributed by atoms with van der Waals surface area (Å²) in [6.07, 6.45) is 2.45. The average Bonchev–Trinajstić information content (AvgIpc) is 3.26. The molecule has 36 heavy (non-hydrogen) atoms. The molecule has 0 bridgehead atoms. The van der Waals surface area contributed by atoms with E-state index in [4.69, 9.17) is 27.9 Å². The number of piperazine rings is 1. The largest absolute Gasteiger partial charge is 0.456 e. The maximum atomic E-state index is 14.1. The second-order valence-corrected chi connectivity index (χ2v) is 11.2. The predicted molar refractivity (Wildman–Crippen MR) is 140 cm³/mol. The van der Waals surface area contributed by atoms with E-state index < -0.39 is 10.0 Å². The van der Waals surface area contributed by atoms with Crippen LogP contribution in [0.4, 0.5) is 0 Å². The number of ether oxygens (including phenoxy) is 1. The van der Waals surface area contributed by atoms with Gasteiger partial charge in [0.1, 0.15) is 16.4 Å². The van der Waals surface area contributed by atoms with Gasteiger partial charge in [-0.15, -0.1) is 0 Å². The summed E-state index contributed by atoms with van der Waals surface area (Å²) in [7, 11) is -4.03. The van der Waals surface area contributed by atoms with Crippen molar-refractivity contribution in [2.45, 2.75) is 17.4 Å². The van der Waals surface area contributed by atoms with E-state index in [0.29, 0.717) is 35.3 Å². The molecule has 1 fully saturated rings. The minimum absolute atomic E-state index is 0.0801. The zero-order chi connectivity index (χ0) is 25.3. The van der Waals surface area contributed by atoms with Gasteiger partial charge >= 0.3 is 0 Å². The summed E-state index contributed by atoms with van der Waals surface area (Å²) in [6, 6.07) is 18.6. The van der Waals surface area contributed by atoms with Crippen molar-refractivity contribution in [1.29, 1.82) is 5.26 Å². The van der Waals surface area contributed by atoms with Crippen molar-refractivity contribution in [1.82, 2.24) is 14.6 Å². The summed E-state index contributed by atoms with van der Waals surface area (Å²) in [5.74, 6) is 0.390. The standard InChI is InChI=1S/C26H22Cl2N4O3S/c27-19-11-20(28)13-22(12-19)35-25-6-5-17(14-29)9-26(25)36(33,34)32-8-7-30-16-21(32)10-18-15-31-24-4-2-1-3-23(18)24/h1-6,9,11-13,15,21,30-31H,7-8,10,16H2. The second-order valence-electron chi connectivity index (χ2n) is 8.52. The molecule has 1 aliphatic rings. The van der Waals surface area contributed by atoms with Crippen LogP contribution in [0.25, 0.3) is 10.9 Å². The van der Waals surface area contributed by atoms with Crippen molar-refractivity contribution in [3.8, 4) is 17.6 Å².